The standard InChI is InChI=1S/C50H32N2S/c1-3-13-33(14-4-1)39-28-40(36-25-26-45-44-22-9-10-24-48(44)53-49(45)31-36)30-41(29-39)47-32-46(51-50(52-47)35-16-5-2-6-17-35)38-20-11-19-37(27-38)43-23-12-18-34-15-7-8-21-42(34)43/h1-32H. The summed E-state index contributed by atoms with van der Waals surface area (Å²) < 4.78 is 2.60. The fourth-order valence-corrected chi connectivity index (χ4v) is 8.57. The van der Waals surface area contributed by atoms with Crippen LogP contribution in [-0.2, 0) is 0 Å². The highest BCUT2D eigenvalue weighted by Gasteiger charge is 2.15. The van der Waals surface area contributed by atoms with Crippen molar-refractivity contribution in [1.29, 1.82) is 0 Å². The SMILES string of the molecule is c1ccc(-c2cc(-c3ccc4c(c3)sc3ccccc34)cc(-c3cc(-c4cccc(-c5cccc6ccccc56)c4)nc(-c4ccccc4)n3)c2)cc1. The number of rotatable bonds is 6. The van der Waals surface area contributed by atoms with E-state index in [9.17, 15) is 0 Å². The summed E-state index contributed by atoms with van der Waals surface area (Å²) in [5.74, 6) is 0.701. The van der Waals surface area contributed by atoms with Crippen LogP contribution in [-0.4, -0.2) is 9.97 Å². The molecule has 0 amide bonds. The highest BCUT2D eigenvalue weighted by atomic mass is 32.1. The van der Waals surface area contributed by atoms with E-state index in [0.717, 1.165) is 44.8 Å². The van der Waals surface area contributed by atoms with E-state index in [4.69, 9.17) is 9.97 Å². The van der Waals surface area contributed by atoms with Gasteiger partial charge in [-0.1, -0.05) is 152 Å². The summed E-state index contributed by atoms with van der Waals surface area (Å²) >= 11 is 1.85. The molecule has 0 aliphatic carbocycles. The molecule has 8 aromatic carbocycles. The largest absolute Gasteiger partial charge is 0.228 e. The molecule has 0 aliphatic rings. The van der Waals surface area contributed by atoms with Gasteiger partial charge in [-0.3, -0.25) is 0 Å². The third-order valence-corrected chi connectivity index (χ3v) is 11.2. The van der Waals surface area contributed by atoms with Crippen molar-refractivity contribution >= 4 is 42.3 Å². The normalized spacial score (nSPS) is 11.4. The second-order valence-corrected chi connectivity index (χ2v) is 14.5. The maximum Gasteiger partial charge on any atom is 0.160 e. The Kier molecular flexibility index (Phi) is 7.71. The molecule has 0 atom stereocenters. The Hall–Kier alpha value is -6.68. The summed E-state index contributed by atoms with van der Waals surface area (Å²) in [5.41, 5.74) is 11.9. The van der Waals surface area contributed by atoms with Crippen molar-refractivity contribution in [2.75, 3.05) is 0 Å². The number of aromatic nitrogens is 2. The fourth-order valence-electron chi connectivity index (χ4n) is 7.43. The lowest BCUT2D eigenvalue weighted by Gasteiger charge is -2.14. The molecule has 2 nitrogen and oxygen atoms in total. The Morgan fingerprint density at radius 1 is 0.302 bits per heavy atom. The Bertz CT molecular complexity index is 2940. The molecule has 10 aromatic rings. The first-order valence-corrected chi connectivity index (χ1v) is 18.7. The van der Waals surface area contributed by atoms with Crippen LogP contribution in [0.5, 0.6) is 0 Å². The van der Waals surface area contributed by atoms with E-state index in [1.807, 2.05) is 29.5 Å². The predicted octanol–water partition coefficient (Wildman–Crippen LogP) is 14.0. The number of hydrogen-bond acceptors (Lipinski definition) is 3. The molecule has 0 saturated heterocycles. The molecule has 248 valence electrons. The lowest BCUT2D eigenvalue weighted by Crippen LogP contribution is -1.97. The van der Waals surface area contributed by atoms with Gasteiger partial charge in [0.05, 0.1) is 11.4 Å². The van der Waals surface area contributed by atoms with Crippen molar-refractivity contribution in [3.63, 3.8) is 0 Å². The summed E-state index contributed by atoms with van der Waals surface area (Å²) in [4.78, 5) is 10.5. The molecule has 53 heavy (non-hydrogen) atoms. The van der Waals surface area contributed by atoms with Crippen molar-refractivity contribution in [3.8, 4) is 67.3 Å². The highest BCUT2D eigenvalue weighted by Crippen LogP contribution is 2.39. The number of benzene rings is 8. The van der Waals surface area contributed by atoms with Crippen molar-refractivity contribution in [1.82, 2.24) is 9.97 Å². The molecule has 2 aromatic heterocycles. The van der Waals surface area contributed by atoms with Crippen molar-refractivity contribution < 1.29 is 0 Å². The van der Waals surface area contributed by atoms with Crippen LogP contribution in [0.2, 0.25) is 0 Å². The van der Waals surface area contributed by atoms with Crippen LogP contribution >= 0.6 is 11.3 Å². The summed E-state index contributed by atoms with van der Waals surface area (Å²) in [5, 5.41) is 5.07. The van der Waals surface area contributed by atoms with Gasteiger partial charge in [0.15, 0.2) is 5.82 Å². The molecule has 0 fully saturated rings. The van der Waals surface area contributed by atoms with Gasteiger partial charge in [-0.15, -0.1) is 11.3 Å². The van der Waals surface area contributed by atoms with E-state index in [2.05, 4.69) is 176 Å². The molecule has 0 N–H and O–H groups in total. The summed E-state index contributed by atoms with van der Waals surface area (Å²) in [6.07, 6.45) is 0. The topological polar surface area (TPSA) is 25.8 Å². The first-order chi connectivity index (χ1) is 26.2. The van der Waals surface area contributed by atoms with Crippen molar-refractivity contribution in [3.05, 3.63) is 194 Å². The van der Waals surface area contributed by atoms with Crippen LogP contribution in [0, 0.1) is 0 Å². The van der Waals surface area contributed by atoms with Gasteiger partial charge in [0.25, 0.3) is 0 Å². The van der Waals surface area contributed by atoms with Crippen LogP contribution in [0.3, 0.4) is 0 Å². The molecule has 3 heteroatoms. The maximum absolute atomic E-state index is 5.26. The van der Waals surface area contributed by atoms with Crippen molar-refractivity contribution in [2.45, 2.75) is 0 Å². The third-order valence-electron chi connectivity index (χ3n) is 10.1. The van der Waals surface area contributed by atoms with Crippen LogP contribution in [0.4, 0.5) is 0 Å². The average Bonchev–Trinajstić information content (AvgIpc) is 3.62. The molecule has 0 spiro atoms. The minimum atomic E-state index is 0.701. The van der Waals surface area contributed by atoms with Crippen LogP contribution in [0.1, 0.15) is 0 Å². The summed E-state index contributed by atoms with van der Waals surface area (Å²) in [7, 11) is 0. The number of fused-ring (bicyclic) bond motifs is 4. The molecule has 0 aliphatic heterocycles. The Morgan fingerprint density at radius 3 is 1.70 bits per heavy atom. The van der Waals surface area contributed by atoms with Gasteiger partial charge in [0, 0.05) is 36.9 Å². The Labute approximate surface area is 312 Å². The van der Waals surface area contributed by atoms with Crippen LogP contribution in [0.15, 0.2) is 194 Å². The van der Waals surface area contributed by atoms with Gasteiger partial charge in [0.1, 0.15) is 0 Å². The van der Waals surface area contributed by atoms with E-state index in [1.165, 1.54) is 47.6 Å². The number of thiophene rings is 1. The fraction of sp³-hybridized carbons (Fsp3) is 0. The van der Waals surface area contributed by atoms with Crippen LogP contribution < -0.4 is 0 Å². The van der Waals surface area contributed by atoms with E-state index in [0.29, 0.717) is 5.82 Å². The van der Waals surface area contributed by atoms with E-state index in [1.54, 1.807) is 0 Å². The monoisotopic (exact) mass is 692 g/mol. The molecule has 0 saturated carbocycles. The predicted molar refractivity (Wildman–Crippen MR) is 225 cm³/mol. The summed E-state index contributed by atoms with van der Waals surface area (Å²) in [6, 6.07) is 69.3. The number of hydrogen-bond donors (Lipinski definition) is 0. The van der Waals surface area contributed by atoms with Gasteiger partial charge in [-0.25, -0.2) is 9.97 Å². The molecular weight excluding hydrogens is 661 g/mol. The molecular formula is C50H32N2S. The van der Waals surface area contributed by atoms with E-state index >= 15 is 0 Å². The maximum atomic E-state index is 5.26. The van der Waals surface area contributed by atoms with Gasteiger partial charge < -0.3 is 0 Å². The quantitative estimate of drug-likeness (QED) is 0.173. The van der Waals surface area contributed by atoms with E-state index < -0.39 is 0 Å². The lowest BCUT2D eigenvalue weighted by molar-refractivity contribution is 1.18. The third kappa shape index (κ3) is 5.87. The molecule has 10 rings (SSSR count). The molecule has 2 heterocycles. The van der Waals surface area contributed by atoms with E-state index in [-0.39, 0.29) is 0 Å². The Balaban J connectivity index is 1.16. The average molecular weight is 693 g/mol. The zero-order valence-electron chi connectivity index (χ0n) is 28.8. The zero-order chi connectivity index (χ0) is 35.1. The van der Waals surface area contributed by atoms with Crippen molar-refractivity contribution in [2.24, 2.45) is 0 Å². The van der Waals surface area contributed by atoms with Gasteiger partial charge >= 0.3 is 0 Å². The molecule has 0 radical (unpaired) electrons. The van der Waals surface area contributed by atoms with Gasteiger partial charge in [0.2, 0.25) is 0 Å². The van der Waals surface area contributed by atoms with Crippen LogP contribution in [0.25, 0.3) is 98.2 Å². The first kappa shape index (κ1) is 31.1. The minimum absolute atomic E-state index is 0.701. The number of nitrogens with zero attached hydrogens (tertiary/aromatic N) is 2. The minimum Gasteiger partial charge on any atom is -0.228 e. The van der Waals surface area contributed by atoms with Gasteiger partial charge in [-0.05, 0) is 86.6 Å². The zero-order valence-corrected chi connectivity index (χ0v) is 29.6. The molecule has 0 unspecified atom stereocenters. The second-order valence-electron chi connectivity index (χ2n) is 13.4. The molecule has 0 bridgehead atoms. The smallest absolute Gasteiger partial charge is 0.160 e. The lowest BCUT2D eigenvalue weighted by atomic mass is 9.93. The van der Waals surface area contributed by atoms with Gasteiger partial charge in [-0.2, -0.15) is 0 Å². The first-order valence-electron chi connectivity index (χ1n) is 17.9. The second kappa shape index (κ2) is 13.1. The highest BCUT2D eigenvalue weighted by molar-refractivity contribution is 7.25. The summed E-state index contributed by atoms with van der Waals surface area (Å²) in [6.45, 7) is 0. The Morgan fingerprint density at radius 2 is 0.868 bits per heavy atom.